The minimum Gasteiger partial charge on any atom is -0.338 e. The van der Waals surface area contributed by atoms with E-state index in [0.717, 1.165) is 31.1 Å². The fourth-order valence-corrected chi connectivity index (χ4v) is 3.71. The van der Waals surface area contributed by atoms with Crippen LogP contribution in [0.15, 0.2) is 28.5 Å². The molecule has 4 rings (SSSR count). The van der Waals surface area contributed by atoms with Crippen LogP contribution in [0.2, 0.25) is 0 Å². The van der Waals surface area contributed by atoms with E-state index >= 15 is 0 Å². The minimum absolute atomic E-state index is 0.0936. The molecule has 0 N–H and O–H groups in total. The SMILES string of the molecule is Cc1nc2cnc(N3CCN(C)CC3)nc2n(Cc2cccs2)c1=O. The summed E-state index contributed by atoms with van der Waals surface area (Å²) in [6, 6.07) is 4.02. The monoisotopic (exact) mass is 356 g/mol. The molecule has 0 unspecified atom stereocenters. The number of nitrogens with zero attached hydrogens (tertiary/aromatic N) is 6. The fourth-order valence-electron chi connectivity index (χ4n) is 3.02. The lowest BCUT2D eigenvalue weighted by atomic mass is 10.3. The van der Waals surface area contributed by atoms with Gasteiger partial charge in [0.05, 0.1) is 12.7 Å². The summed E-state index contributed by atoms with van der Waals surface area (Å²) in [4.78, 5) is 31.8. The van der Waals surface area contributed by atoms with Gasteiger partial charge < -0.3 is 9.80 Å². The van der Waals surface area contributed by atoms with E-state index in [1.54, 1.807) is 29.0 Å². The summed E-state index contributed by atoms with van der Waals surface area (Å²) < 4.78 is 1.71. The van der Waals surface area contributed by atoms with Gasteiger partial charge in [0, 0.05) is 31.1 Å². The van der Waals surface area contributed by atoms with E-state index in [9.17, 15) is 4.79 Å². The van der Waals surface area contributed by atoms with Crippen molar-refractivity contribution < 1.29 is 0 Å². The number of thiophene rings is 1. The zero-order valence-electron chi connectivity index (χ0n) is 14.3. The normalized spacial score (nSPS) is 15.8. The quantitative estimate of drug-likeness (QED) is 0.706. The van der Waals surface area contributed by atoms with Gasteiger partial charge in [-0.2, -0.15) is 4.98 Å². The molecule has 3 aromatic rings. The van der Waals surface area contributed by atoms with Gasteiger partial charge in [-0.15, -0.1) is 11.3 Å². The van der Waals surface area contributed by atoms with Crippen LogP contribution in [0.4, 0.5) is 5.95 Å². The average Bonchev–Trinajstić information content (AvgIpc) is 3.12. The second-order valence-corrected chi connectivity index (χ2v) is 7.37. The summed E-state index contributed by atoms with van der Waals surface area (Å²) >= 11 is 1.63. The summed E-state index contributed by atoms with van der Waals surface area (Å²) in [5.74, 6) is 0.672. The average molecular weight is 356 g/mol. The molecule has 1 saturated heterocycles. The maximum atomic E-state index is 12.7. The summed E-state index contributed by atoms with van der Waals surface area (Å²) in [6.45, 7) is 5.98. The lowest BCUT2D eigenvalue weighted by Crippen LogP contribution is -2.45. The van der Waals surface area contributed by atoms with E-state index in [1.807, 2.05) is 17.5 Å². The molecule has 1 aliphatic rings. The van der Waals surface area contributed by atoms with Gasteiger partial charge >= 0.3 is 0 Å². The molecule has 7 nitrogen and oxygen atoms in total. The van der Waals surface area contributed by atoms with Crippen molar-refractivity contribution in [2.24, 2.45) is 0 Å². The summed E-state index contributed by atoms with van der Waals surface area (Å²) in [6.07, 6.45) is 1.73. The Morgan fingerprint density at radius 3 is 2.72 bits per heavy atom. The van der Waals surface area contributed by atoms with Gasteiger partial charge in [-0.05, 0) is 25.4 Å². The molecule has 0 radical (unpaired) electrons. The van der Waals surface area contributed by atoms with E-state index in [-0.39, 0.29) is 5.56 Å². The van der Waals surface area contributed by atoms with Gasteiger partial charge in [0.1, 0.15) is 11.2 Å². The first kappa shape index (κ1) is 16.2. The largest absolute Gasteiger partial charge is 0.338 e. The molecule has 4 heterocycles. The summed E-state index contributed by atoms with van der Waals surface area (Å²) in [7, 11) is 2.12. The second-order valence-electron chi connectivity index (χ2n) is 6.34. The Labute approximate surface area is 149 Å². The maximum absolute atomic E-state index is 12.7. The molecule has 0 amide bonds. The topological polar surface area (TPSA) is 67.2 Å². The highest BCUT2D eigenvalue weighted by Crippen LogP contribution is 2.17. The van der Waals surface area contributed by atoms with Gasteiger partial charge in [0.2, 0.25) is 5.95 Å². The second kappa shape index (κ2) is 6.53. The van der Waals surface area contributed by atoms with Crippen LogP contribution in [-0.2, 0) is 6.54 Å². The van der Waals surface area contributed by atoms with Crippen molar-refractivity contribution in [2.45, 2.75) is 13.5 Å². The number of likely N-dealkylation sites (N-methyl/N-ethyl adjacent to an activating group) is 1. The first-order chi connectivity index (χ1) is 12.1. The zero-order valence-corrected chi connectivity index (χ0v) is 15.2. The van der Waals surface area contributed by atoms with Crippen LogP contribution < -0.4 is 10.5 Å². The van der Waals surface area contributed by atoms with E-state index in [0.29, 0.717) is 29.4 Å². The van der Waals surface area contributed by atoms with Gasteiger partial charge in [-0.25, -0.2) is 9.97 Å². The molecular weight excluding hydrogens is 336 g/mol. The van der Waals surface area contributed by atoms with Gasteiger partial charge in [0.15, 0.2) is 5.65 Å². The lowest BCUT2D eigenvalue weighted by Gasteiger charge is -2.32. The lowest BCUT2D eigenvalue weighted by molar-refractivity contribution is 0.311. The van der Waals surface area contributed by atoms with Crippen molar-refractivity contribution in [1.29, 1.82) is 0 Å². The molecule has 0 saturated carbocycles. The van der Waals surface area contributed by atoms with Gasteiger partial charge in [-0.3, -0.25) is 9.36 Å². The third kappa shape index (κ3) is 3.14. The molecule has 0 aliphatic carbocycles. The standard InChI is InChI=1S/C17H20N6OS/c1-12-16(24)23(11-13-4-3-9-25-13)15-14(19-12)10-18-17(20-15)22-7-5-21(2)6-8-22/h3-4,9-10H,5-8,11H2,1-2H3. The number of hydrogen-bond donors (Lipinski definition) is 0. The number of anilines is 1. The zero-order chi connectivity index (χ0) is 17.4. The highest BCUT2D eigenvalue weighted by atomic mass is 32.1. The van der Waals surface area contributed by atoms with Crippen molar-refractivity contribution in [1.82, 2.24) is 24.4 Å². The van der Waals surface area contributed by atoms with Crippen LogP contribution in [0.25, 0.3) is 11.2 Å². The Kier molecular flexibility index (Phi) is 4.22. The van der Waals surface area contributed by atoms with Crippen LogP contribution >= 0.6 is 11.3 Å². The van der Waals surface area contributed by atoms with Crippen molar-refractivity contribution in [2.75, 3.05) is 38.1 Å². The van der Waals surface area contributed by atoms with Crippen molar-refractivity contribution in [3.63, 3.8) is 0 Å². The molecule has 25 heavy (non-hydrogen) atoms. The minimum atomic E-state index is -0.0936. The van der Waals surface area contributed by atoms with Crippen molar-refractivity contribution in [3.8, 4) is 0 Å². The highest BCUT2D eigenvalue weighted by molar-refractivity contribution is 7.09. The molecule has 0 bridgehead atoms. The van der Waals surface area contributed by atoms with Gasteiger partial charge in [-0.1, -0.05) is 6.07 Å². The number of aromatic nitrogens is 4. The summed E-state index contributed by atoms with van der Waals surface area (Å²) in [5, 5.41) is 2.02. The van der Waals surface area contributed by atoms with Crippen LogP contribution in [-0.4, -0.2) is 57.6 Å². The number of rotatable bonds is 3. The number of piperazine rings is 1. The Morgan fingerprint density at radius 1 is 1.20 bits per heavy atom. The Bertz CT molecular complexity index is 944. The Balaban J connectivity index is 1.79. The molecular formula is C17H20N6OS. The van der Waals surface area contributed by atoms with Crippen molar-refractivity contribution >= 4 is 28.4 Å². The highest BCUT2D eigenvalue weighted by Gasteiger charge is 2.18. The third-order valence-electron chi connectivity index (χ3n) is 4.52. The Hall–Kier alpha value is -2.32. The third-order valence-corrected chi connectivity index (χ3v) is 5.38. The smallest absolute Gasteiger partial charge is 0.273 e. The molecule has 1 fully saturated rings. The molecule has 1 aliphatic heterocycles. The van der Waals surface area contributed by atoms with E-state index < -0.39 is 0 Å². The van der Waals surface area contributed by atoms with Crippen LogP contribution in [0, 0.1) is 6.92 Å². The van der Waals surface area contributed by atoms with E-state index in [2.05, 4.69) is 26.8 Å². The van der Waals surface area contributed by atoms with Crippen LogP contribution in [0.1, 0.15) is 10.6 Å². The predicted octanol–water partition coefficient (Wildman–Crippen LogP) is 1.36. The summed E-state index contributed by atoms with van der Waals surface area (Å²) in [5.41, 5.74) is 1.64. The predicted molar refractivity (Wildman–Crippen MR) is 99.5 cm³/mol. The molecule has 3 aromatic heterocycles. The van der Waals surface area contributed by atoms with Crippen molar-refractivity contribution in [3.05, 3.63) is 44.6 Å². The number of hydrogen-bond acceptors (Lipinski definition) is 7. The number of aryl methyl sites for hydroxylation is 1. The number of fused-ring (bicyclic) bond motifs is 1. The fraction of sp³-hybridized carbons (Fsp3) is 0.412. The van der Waals surface area contributed by atoms with E-state index in [1.165, 1.54) is 0 Å². The van der Waals surface area contributed by atoms with Crippen LogP contribution in [0.3, 0.4) is 0 Å². The molecule has 0 spiro atoms. The molecule has 130 valence electrons. The first-order valence-electron chi connectivity index (χ1n) is 8.32. The van der Waals surface area contributed by atoms with Gasteiger partial charge in [0.25, 0.3) is 5.56 Å². The maximum Gasteiger partial charge on any atom is 0.273 e. The van der Waals surface area contributed by atoms with Crippen LogP contribution in [0.5, 0.6) is 0 Å². The Morgan fingerprint density at radius 2 is 2.00 bits per heavy atom. The first-order valence-corrected chi connectivity index (χ1v) is 9.20. The van der Waals surface area contributed by atoms with E-state index in [4.69, 9.17) is 4.98 Å². The molecule has 8 heteroatoms. The molecule has 0 aromatic carbocycles. The molecule has 0 atom stereocenters.